The van der Waals surface area contributed by atoms with Crippen LogP contribution in [0.5, 0.6) is 5.75 Å². The number of Topliss-reactive ketones (excluding diaryl/α,β-unsaturated/α-hetero) is 1. The first kappa shape index (κ1) is 16.6. The van der Waals surface area contributed by atoms with Crippen LogP contribution < -0.4 is 10.4 Å². The minimum Gasteiger partial charge on any atom is -0.489 e. The molecule has 0 bridgehead atoms. The van der Waals surface area contributed by atoms with Gasteiger partial charge < -0.3 is 9.15 Å². The van der Waals surface area contributed by atoms with Gasteiger partial charge in [0.2, 0.25) is 0 Å². The first-order chi connectivity index (χ1) is 11.4. The third kappa shape index (κ3) is 3.45. The van der Waals surface area contributed by atoms with E-state index in [1.54, 1.807) is 30.3 Å². The van der Waals surface area contributed by atoms with E-state index in [-0.39, 0.29) is 18.0 Å². The van der Waals surface area contributed by atoms with Gasteiger partial charge in [0.25, 0.3) is 0 Å². The van der Waals surface area contributed by atoms with Gasteiger partial charge in [0.05, 0.1) is 10.0 Å². The second kappa shape index (κ2) is 6.67. The number of benzene rings is 2. The fourth-order valence-corrected chi connectivity index (χ4v) is 2.54. The van der Waals surface area contributed by atoms with Crippen molar-refractivity contribution < 1.29 is 13.9 Å². The molecule has 24 heavy (non-hydrogen) atoms. The van der Waals surface area contributed by atoms with Crippen LogP contribution in [0.1, 0.15) is 22.8 Å². The second-order valence-corrected chi connectivity index (χ2v) is 6.05. The largest absolute Gasteiger partial charge is 0.489 e. The van der Waals surface area contributed by atoms with E-state index >= 15 is 0 Å². The third-order valence-corrected chi connectivity index (χ3v) is 4.22. The molecule has 1 aromatic heterocycles. The van der Waals surface area contributed by atoms with E-state index in [0.717, 1.165) is 5.56 Å². The van der Waals surface area contributed by atoms with Gasteiger partial charge in [-0.1, -0.05) is 29.3 Å². The molecule has 2 aromatic carbocycles. The van der Waals surface area contributed by atoms with Crippen molar-refractivity contribution in [3.63, 3.8) is 0 Å². The first-order valence-electron chi connectivity index (χ1n) is 7.09. The van der Waals surface area contributed by atoms with Gasteiger partial charge in [-0.15, -0.1) is 0 Å². The number of ether oxygens (including phenoxy) is 1. The van der Waals surface area contributed by atoms with E-state index in [2.05, 4.69) is 0 Å². The Balaban J connectivity index is 1.85. The van der Waals surface area contributed by atoms with Crippen LogP contribution in [0.4, 0.5) is 0 Å². The molecule has 3 aromatic rings. The molecule has 0 N–H and O–H groups in total. The highest BCUT2D eigenvalue weighted by Crippen LogP contribution is 2.25. The second-order valence-electron chi connectivity index (χ2n) is 5.24. The minimum absolute atomic E-state index is 0.0342. The fourth-order valence-electron chi connectivity index (χ4n) is 2.22. The number of ketones is 1. The summed E-state index contributed by atoms with van der Waals surface area (Å²) in [4.78, 5) is 23.2. The summed E-state index contributed by atoms with van der Waals surface area (Å²) in [5.41, 5.74) is 0.595. The van der Waals surface area contributed by atoms with Gasteiger partial charge >= 0.3 is 5.63 Å². The summed E-state index contributed by atoms with van der Waals surface area (Å²) in [6.45, 7) is 1.62. The molecule has 4 nitrogen and oxygen atoms in total. The van der Waals surface area contributed by atoms with Crippen LogP contribution >= 0.6 is 23.2 Å². The lowest BCUT2D eigenvalue weighted by molar-refractivity contribution is 0.101. The Morgan fingerprint density at radius 1 is 1.08 bits per heavy atom. The fraction of sp³-hybridized carbons (Fsp3) is 0.111. The highest BCUT2D eigenvalue weighted by molar-refractivity contribution is 6.42. The third-order valence-electron chi connectivity index (χ3n) is 3.48. The molecule has 6 heteroatoms. The molecule has 0 aliphatic carbocycles. The lowest BCUT2D eigenvalue weighted by atomic mass is 10.1. The van der Waals surface area contributed by atoms with Crippen molar-refractivity contribution in [1.82, 2.24) is 0 Å². The number of fused-ring (bicyclic) bond motifs is 1. The quantitative estimate of drug-likeness (QED) is 0.490. The molecule has 0 aliphatic heterocycles. The van der Waals surface area contributed by atoms with Crippen LogP contribution in [0.15, 0.2) is 51.7 Å². The molecular weight excluding hydrogens is 351 g/mol. The predicted octanol–water partition coefficient (Wildman–Crippen LogP) is 4.88. The Bertz CT molecular complexity index is 992. The number of halogens is 2. The van der Waals surface area contributed by atoms with Crippen LogP contribution in [0.25, 0.3) is 11.0 Å². The van der Waals surface area contributed by atoms with Crippen molar-refractivity contribution in [1.29, 1.82) is 0 Å². The maximum atomic E-state index is 11.8. The summed E-state index contributed by atoms with van der Waals surface area (Å²) in [6, 6.07) is 11.8. The van der Waals surface area contributed by atoms with Crippen molar-refractivity contribution in [2.24, 2.45) is 0 Å². The molecule has 122 valence electrons. The number of carbonyl (C=O) groups is 1. The van der Waals surface area contributed by atoms with Crippen molar-refractivity contribution in [3.05, 3.63) is 74.1 Å². The highest BCUT2D eigenvalue weighted by atomic mass is 35.5. The average Bonchev–Trinajstić information content (AvgIpc) is 2.55. The van der Waals surface area contributed by atoms with Crippen LogP contribution in [0, 0.1) is 0 Å². The lowest BCUT2D eigenvalue weighted by Gasteiger charge is -2.08. The average molecular weight is 363 g/mol. The molecule has 0 atom stereocenters. The summed E-state index contributed by atoms with van der Waals surface area (Å²) in [6.07, 6.45) is 0. The molecule has 0 unspecified atom stereocenters. The van der Waals surface area contributed by atoms with E-state index in [0.29, 0.717) is 26.8 Å². The van der Waals surface area contributed by atoms with Gasteiger partial charge in [-0.3, -0.25) is 4.79 Å². The Kier molecular flexibility index (Phi) is 4.60. The standard InChI is InChI=1S/C18H12Cl2O4/c1-10(21)14-7-12-3-4-13(8-17(12)24-18(14)22)23-9-11-2-5-15(19)16(20)6-11/h2-8H,9H2,1H3. The molecule has 0 radical (unpaired) electrons. The minimum atomic E-state index is -0.656. The summed E-state index contributed by atoms with van der Waals surface area (Å²) < 4.78 is 10.9. The van der Waals surface area contributed by atoms with Crippen LogP contribution in [0.3, 0.4) is 0 Å². The smallest absolute Gasteiger partial charge is 0.347 e. The number of rotatable bonds is 4. The normalized spacial score (nSPS) is 10.8. The van der Waals surface area contributed by atoms with Gasteiger partial charge in [0.15, 0.2) is 5.78 Å². The van der Waals surface area contributed by atoms with Crippen molar-refractivity contribution in [3.8, 4) is 5.75 Å². The Hall–Kier alpha value is -2.30. The lowest BCUT2D eigenvalue weighted by Crippen LogP contribution is -2.10. The summed E-state index contributed by atoms with van der Waals surface area (Å²) in [5, 5.41) is 1.59. The monoisotopic (exact) mass is 362 g/mol. The molecule has 3 rings (SSSR count). The molecule has 0 saturated carbocycles. The number of carbonyl (C=O) groups excluding carboxylic acids is 1. The zero-order valence-corrected chi connectivity index (χ0v) is 14.1. The van der Waals surface area contributed by atoms with Crippen molar-refractivity contribution in [2.75, 3.05) is 0 Å². The van der Waals surface area contributed by atoms with E-state index < -0.39 is 5.63 Å². The Labute approximate surface area is 147 Å². The number of hydrogen-bond donors (Lipinski definition) is 0. The van der Waals surface area contributed by atoms with E-state index in [4.69, 9.17) is 32.4 Å². The summed E-state index contributed by atoms with van der Waals surface area (Å²) >= 11 is 11.8. The topological polar surface area (TPSA) is 56.5 Å². The molecule has 0 spiro atoms. The molecular formula is C18H12Cl2O4. The summed E-state index contributed by atoms with van der Waals surface area (Å²) in [7, 11) is 0. The predicted molar refractivity (Wildman–Crippen MR) is 93.3 cm³/mol. The Morgan fingerprint density at radius 2 is 1.88 bits per heavy atom. The van der Waals surface area contributed by atoms with Crippen LogP contribution in [-0.4, -0.2) is 5.78 Å². The van der Waals surface area contributed by atoms with Crippen molar-refractivity contribution in [2.45, 2.75) is 13.5 Å². The molecule has 1 heterocycles. The van der Waals surface area contributed by atoms with Gasteiger partial charge in [-0.2, -0.15) is 0 Å². The SMILES string of the molecule is CC(=O)c1cc2ccc(OCc3ccc(Cl)c(Cl)c3)cc2oc1=O. The maximum absolute atomic E-state index is 11.8. The zero-order valence-electron chi connectivity index (χ0n) is 12.6. The van der Waals surface area contributed by atoms with Crippen LogP contribution in [0.2, 0.25) is 10.0 Å². The van der Waals surface area contributed by atoms with Gasteiger partial charge in [0, 0.05) is 11.5 Å². The van der Waals surface area contributed by atoms with Gasteiger partial charge in [-0.25, -0.2) is 4.79 Å². The van der Waals surface area contributed by atoms with Crippen LogP contribution in [-0.2, 0) is 6.61 Å². The van der Waals surface area contributed by atoms with Crippen molar-refractivity contribution >= 4 is 40.0 Å². The molecule has 0 fully saturated rings. The van der Waals surface area contributed by atoms with E-state index in [1.807, 2.05) is 6.07 Å². The Morgan fingerprint density at radius 3 is 2.58 bits per heavy atom. The molecule has 0 amide bonds. The molecule has 0 aliphatic rings. The summed E-state index contributed by atoms with van der Waals surface area (Å²) in [5.74, 6) is 0.206. The van der Waals surface area contributed by atoms with E-state index in [1.165, 1.54) is 13.0 Å². The van der Waals surface area contributed by atoms with Gasteiger partial charge in [0.1, 0.15) is 23.5 Å². The highest BCUT2D eigenvalue weighted by Gasteiger charge is 2.10. The first-order valence-corrected chi connectivity index (χ1v) is 7.85. The number of hydrogen-bond acceptors (Lipinski definition) is 4. The van der Waals surface area contributed by atoms with Gasteiger partial charge in [-0.05, 0) is 42.8 Å². The van der Waals surface area contributed by atoms with E-state index in [9.17, 15) is 9.59 Å². The zero-order chi connectivity index (χ0) is 17.3. The molecule has 0 saturated heterocycles. The maximum Gasteiger partial charge on any atom is 0.347 e.